The van der Waals surface area contributed by atoms with E-state index in [1.54, 1.807) is 54.6 Å². The fourth-order valence-corrected chi connectivity index (χ4v) is 2.81. The van der Waals surface area contributed by atoms with Crippen LogP contribution in [0.1, 0.15) is 6.42 Å². The Hall–Kier alpha value is -4.40. The zero-order valence-corrected chi connectivity index (χ0v) is 16.5. The van der Waals surface area contributed by atoms with Crippen LogP contribution >= 0.6 is 0 Å². The van der Waals surface area contributed by atoms with Crippen LogP contribution in [0.4, 0.5) is 33.2 Å². The molecular weight excluding hydrogens is 398 g/mol. The molecule has 4 N–H and O–H groups in total. The summed E-state index contributed by atoms with van der Waals surface area (Å²) in [6.07, 6.45) is 0.109. The van der Waals surface area contributed by atoms with Gasteiger partial charge in [-0.3, -0.25) is 14.9 Å². The van der Waals surface area contributed by atoms with Crippen molar-refractivity contribution in [2.45, 2.75) is 6.42 Å². The molecule has 158 valence electrons. The molecule has 0 atom stereocenters. The maximum absolute atomic E-state index is 12.2. The van der Waals surface area contributed by atoms with Gasteiger partial charge in [0, 0.05) is 36.1 Å². The molecule has 0 saturated carbocycles. The molecule has 0 spiro atoms. The van der Waals surface area contributed by atoms with E-state index in [0.717, 1.165) is 0 Å². The maximum atomic E-state index is 12.2. The number of nitrogens with one attached hydrogen (secondary N) is 4. The molecule has 3 rings (SSSR count). The van der Waals surface area contributed by atoms with Gasteiger partial charge in [-0.05, 0) is 36.4 Å². The zero-order chi connectivity index (χ0) is 22.1. The van der Waals surface area contributed by atoms with Crippen LogP contribution in [0.3, 0.4) is 0 Å². The lowest BCUT2D eigenvalue weighted by Gasteiger charge is -2.10. The Morgan fingerprint density at radius 1 is 0.774 bits per heavy atom. The highest BCUT2D eigenvalue weighted by molar-refractivity contribution is 6.00. The van der Waals surface area contributed by atoms with E-state index < -0.39 is 11.0 Å². The summed E-state index contributed by atoms with van der Waals surface area (Å²) in [6, 6.07) is 21.6. The first-order chi connectivity index (χ1) is 15.0. The topological polar surface area (TPSA) is 125 Å². The van der Waals surface area contributed by atoms with Crippen LogP contribution in [0.25, 0.3) is 0 Å². The number of urea groups is 1. The number of nitro benzene ring substituents is 1. The Morgan fingerprint density at radius 3 is 2.13 bits per heavy atom. The summed E-state index contributed by atoms with van der Waals surface area (Å²) >= 11 is 0. The highest BCUT2D eigenvalue weighted by Crippen LogP contribution is 2.23. The van der Waals surface area contributed by atoms with Gasteiger partial charge in [0.25, 0.3) is 5.69 Å². The van der Waals surface area contributed by atoms with Crippen molar-refractivity contribution in [1.82, 2.24) is 0 Å². The van der Waals surface area contributed by atoms with Crippen LogP contribution in [0.2, 0.25) is 0 Å². The molecule has 0 saturated heterocycles. The van der Waals surface area contributed by atoms with Gasteiger partial charge in [0.05, 0.1) is 4.92 Å². The Labute approximate surface area is 178 Å². The molecule has 3 aromatic rings. The number of rotatable bonds is 8. The first kappa shape index (κ1) is 21.3. The molecule has 0 heterocycles. The van der Waals surface area contributed by atoms with Crippen LogP contribution in [-0.4, -0.2) is 23.4 Å². The molecule has 0 aliphatic rings. The summed E-state index contributed by atoms with van der Waals surface area (Å²) < 4.78 is 0. The zero-order valence-electron chi connectivity index (χ0n) is 16.5. The van der Waals surface area contributed by atoms with Crippen molar-refractivity contribution in [1.29, 1.82) is 0 Å². The third kappa shape index (κ3) is 6.57. The van der Waals surface area contributed by atoms with Gasteiger partial charge in [-0.25, -0.2) is 4.79 Å². The van der Waals surface area contributed by atoms with Crippen molar-refractivity contribution < 1.29 is 14.5 Å². The SMILES string of the molecule is O=C(CCNc1ccccc1[N+](=O)[O-])Nc1cccc(NC(=O)Nc2ccccc2)c1. The summed E-state index contributed by atoms with van der Waals surface area (Å²) in [6.45, 7) is 0.230. The van der Waals surface area contributed by atoms with Crippen LogP contribution in [0.5, 0.6) is 0 Å². The second-order valence-electron chi connectivity index (χ2n) is 6.53. The van der Waals surface area contributed by atoms with Crippen molar-refractivity contribution in [3.8, 4) is 0 Å². The fraction of sp³-hybridized carbons (Fsp3) is 0.0909. The molecule has 0 unspecified atom stereocenters. The molecule has 31 heavy (non-hydrogen) atoms. The molecule has 0 radical (unpaired) electrons. The number of para-hydroxylation sites is 3. The number of hydrogen-bond donors (Lipinski definition) is 4. The lowest BCUT2D eigenvalue weighted by Crippen LogP contribution is -2.20. The minimum Gasteiger partial charge on any atom is -0.379 e. The van der Waals surface area contributed by atoms with Gasteiger partial charge in [-0.15, -0.1) is 0 Å². The number of hydrogen-bond acceptors (Lipinski definition) is 5. The van der Waals surface area contributed by atoms with E-state index in [9.17, 15) is 19.7 Å². The molecule has 0 bridgehead atoms. The number of nitro groups is 1. The van der Waals surface area contributed by atoms with E-state index in [-0.39, 0.29) is 24.6 Å². The van der Waals surface area contributed by atoms with Gasteiger partial charge < -0.3 is 21.3 Å². The molecule has 9 nitrogen and oxygen atoms in total. The van der Waals surface area contributed by atoms with E-state index in [1.165, 1.54) is 6.07 Å². The number of nitrogens with zero attached hydrogens (tertiary/aromatic N) is 1. The molecular formula is C22H21N5O4. The maximum Gasteiger partial charge on any atom is 0.323 e. The van der Waals surface area contributed by atoms with Crippen molar-refractivity contribution >= 4 is 40.4 Å². The van der Waals surface area contributed by atoms with Gasteiger partial charge in [0.2, 0.25) is 5.91 Å². The first-order valence-electron chi connectivity index (χ1n) is 9.51. The van der Waals surface area contributed by atoms with Gasteiger partial charge in [0.15, 0.2) is 0 Å². The Balaban J connectivity index is 1.49. The lowest BCUT2D eigenvalue weighted by atomic mass is 10.2. The van der Waals surface area contributed by atoms with Crippen molar-refractivity contribution in [3.63, 3.8) is 0 Å². The van der Waals surface area contributed by atoms with Crippen molar-refractivity contribution in [3.05, 3.63) is 89.0 Å². The largest absolute Gasteiger partial charge is 0.379 e. The van der Waals surface area contributed by atoms with Crippen molar-refractivity contribution in [2.75, 3.05) is 27.8 Å². The lowest BCUT2D eigenvalue weighted by molar-refractivity contribution is -0.384. The van der Waals surface area contributed by atoms with Crippen LogP contribution in [0.15, 0.2) is 78.9 Å². The number of amides is 3. The predicted molar refractivity (Wildman–Crippen MR) is 120 cm³/mol. The van der Waals surface area contributed by atoms with E-state index in [0.29, 0.717) is 22.7 Å². The van der Waals surface area contributed by atoms with E-state index >= 15 is 0 Å². The fourth-order valence-electron chi connectivity index (χ4n) is 2.81. The van der Waals surface area contributed by atoms with Crippen molar-refractivity contribution in [2.24, 2.45) is 0 Å². The van der Waals surface area contributed by atoms with Gasteiger partial charge in [-0.1, -0.05) is 36.4 Å². The van der Waals surface area contributed by atoms with E-state index in [4.69, 9.17) is 0 Å². The summed E-state index contributed by atoms with van der Waals surface area (Å²) in [5, 5.41) is 22.1. The first-order valence-corrected chi connectivity index (χ1v) is 9.51. The summed E-state index contributed by atoms with van der Waals surface area (Å²) in [4.78, 5) is 34.9. The van der Waals surface area contributed by atoms with Gasteiger partial charge >= 0.3 is 6.03 Å². The molecule has 0 aromatic heterocycles. The van der Waals surface area contributed by atoms with Crippen LogP contribution < -0.4 is 21.3 Å². The highest BCUT2D eigenvalue weighted by atomic mass is 16.6. The quantitative estimate of drug-likeness (QED) is 0.312. The van der Waals surface area contributed by atoms with E-state index in [1.807, 2.05) is 18.2 Å². The Morgan fingerprint density at radius 2 is 1.39 bits per heavy atom. The highest BCUT2D eigenvalue weighted by Gasteiger charge is 2.12. The Bertz CT molecular complexity index is 1070. The second kappa shape index (κ2) is 10.4. The monoisotopic (exact) mass is 419 g/mol. The third-order valence-electron chi connectivity index (χ3n) is 4.20. The normalized spacial score (nSPS) is 10.1. The van der Waals surface area contributed by atoms with Crippen LogP contribution in [0, 0.1) is 10.1 Å². The standard InChI is InChI=1S/C22H21N5O4/c28-21(13-14-23-19-11-4-5-12-20(19)27(30)31)24-17-9-6-10-18(15-17)26-22(29)25-16-7-2-1-3-8-16/h1-12,15,23H,13-14H2,(H,24,28)(H2,25,26,29). The molecule has 9 heteroatoms. The number of carbonyl (C=O) groups is 2. The van der Waals surface area contributed by atoms with Gasteiger partial charge in [0.1, 0.15) is 5.69 Å². The molecule has 0 aliphatic heterocycles. The minimum atomic E-state index is -0.477. The predicted octanol–water partition coefficient (Wildman–Crippen LogP) is 4.68. The third-order valence-corrected chi connectivity index (χ3v) is 4.20. The molecule has 3 amide bonds. The average molecular weight is 419 g/mol. The average Bonchev–Trinajstić information content (AvgIpc) is 2.75. The summed E-state index contributed by atoms with van der Waals surface area (Å²) in [5.74, 6) is -0.267. The number of carbonyl (C=O) groups excluding carboxylic acids is 2. The van der Waals surface area contributed by atoms with E-state index in [2.05, 4.69) is 21.3 Å². The number of anilines is 4. The molecule has 0 aliphatic carbocycles. The molecule has 0 fully saturated rings. The smallest absolute Gasteiger partial charge is 0.323 e. The van der Waals surface area contributed by atoms with Gasteiger partial charge in [-0.2, -0.15) is 0 Å². The summed E-state index contributed by atoms with van der Waals surface area (Å²) in [7, 11) is 0. The number of benzene rings is 3. The summed E-state index contributed by atoms with van der Waals surface area (Å²) in [5.41, 5.74) is 2.01. The Kier molecular flexibility index (Phi) is 7.15. The second-order valence-corrected chi connectivity index (χ2v) is 6.53. The minimum absolute atomic E-state index is 0.0459. The molecule has 3 aromatic carbocycles. The van der Waals surface area contributed by atoms with Crippen LogP contribution in [-0.2, 0) is 4.79 Å².